The molecule has 0 aromatic rings. The number of nitrogens with one attached hydrogen (secondary N) is 1. The van der Waals surface area contributed by atoms with Gasteiger partial charge in [-0.25, -0.2) is 0 Å². The fourth-order valence-electron chi connectivity index (χ4n) is 0.989. The van der Waals surface area contributed by atoms with Gasteiger partial charge in [0.25, 0.3) is 0 Å². The highest BCUT2D eigenvalue weighted by Crippen LogP contribution is 2.04. The molecule has 1 fully saturated rings. The molecule has 0 spiro atoms. The topological polar surface area (TPSA) is 61.8 Å². The first kappa shape index (κ1) is 6.53. The number of hydrogen-bond acceptors (Lipinski definition) is 3. The Labute approximate surface area is 54.8 Å². The van der Waals surface area contributed by atoms with Gasteiger partial charge in [0.1, 0.15) is 0 Å². The van der Waals surface area contributed by atoms with Crippen molar-refractivity contribution >= 4 is 0 Å². The number of piperidine rings is 1. The van der Waals surface area contributed by atoms with Crippen LogP contribution in [0.1, 0.15) is 12.8 Å². The van der Waals surface area contributed by atoms with Crippen molar-refractivity contribution in [1.82, 2.24) is 5.32 Å². The van der Waals surface area contributed by atoms with E-state index in [-0.39, 0.29) is 12.1 Å². The number of rotatable bonds is 0. The van der Waals surface area contributed by atoms with E-state index in [0.717, 1.165) is 19.4 Å². The molecule has 3 nitrogen and oxygen atoms in total. The Morgan fingerprint density at radius 3 is 2.78 bits per heavy atom. The van der Waals surface area contributed by atoms with E-state index in [4.69, 9.17) is 11.0 Å². The minimum atomic E-state index is 0.0461. The first-order chi connectivity index (χ1) is 4.33. The van der Waals surface area contributed by atoms with Crippen LogP contribution in [0.15, 0.2) is 0 Å². The number of nitrogens with two attached hydrogens (primary N) is 1. The SMILES string of the molecule is N#CC1CCC(N)CN1. The lowest BCUT2D eigenvalue weighted by atomic mass is 10.0. The molecule has 0 amide bonds. The van der Waals surface area contributed by atoms with Crippen molar-refractivity contribution in [2.75, 3.05) is 6.54 Å². The Bertz CT molecular complexity index is 119. The number of nitriles is 1. The van der Waals surface area contributed by atoms with Gasteiger partial charge in [-0.1, -0.05) is 0 Å². The fraction of sp³-hybridized carbons (Fsp3) is 0.833. The van der Waals surface area contributed by atoms with Gasteiger partial charge >= 0.3 is 0 Å². The number of nitrogens with zero attached hydrogens (tertiary/aromatic N) is 1. The Kier molecular flexibility index (Phi) is 2.04. The van der Waals surface area contributed by atoms with E-state index in [0.29, 0.717) is 0 Å². The summed E-state index contributed by atoms with van der Waals surface area (Å²) in [5, 5.41) is 11.5. The van der Waals surface area contributed by atoms with Crippen molar-refractivity contribution < 1.29 is 0 Å². The maximum atomic E-state index is 8.42. The lowest BCUT2D eigenvalue weighted by molar-refractivity contribution is 0.413. The van der Waals surface area contributed by atoms with Gasteiger partial charge in [0.2, 0.25) is 0 Å². The van der Waals surface area contributed by atoms with Crippen molar-refractivity contribution in [3.8, 4) is 6.07 Å². The highest BCUT2D eigenvalue weighted by molar-refractivity contribution is 4.94. The van der Waals surface area contributed by atoms with Crippen LogP contribution in [0.3, 0.4) is 0 Å². The molecule has 0 aromatic carbocycles. The summed E-state index contributed by atoms with van der Waals surface area (Å²) in [7, 11) is 0. The molecule has 3 N–H and O–H groups in total. The summed E-state index contributed by atoms with van der Waals surface area (Å²) in [5.41, 5.74) is 5.58. The third kappa shape index (κ3) is 1.67. The Morgan fingerprint density at radius 1 is 1.56 bits per heavy atom. The molecule has 1 saturated heterocycles. The normalized spacial score (nSPS) is 35.6. The van der Waals surface area contributed by atoms with Crippen molar-refractivity contribution in [2.45, 2.75) is 24.9 Å². The molecular weight excluding hydrogens is 114 g/mol. The summed E-state index contributed by atoms with van der Waals surface area (Å²) in [6.45, 7) is 0.790. The average molecular weight is 125 g/mol. The molecule has 0 bridgehead atoms. The molecule has 1 aliphatic rings. The van der Waals surface area contributed by atoms with Gasteiger partial charge in [0.15, 0.2) is 0 Å². The lowest BCUT2D eigenvalue weighted by Crippen LogP contribution is -2.44. The van der Waals surface area contributed by atoms with E-state index in [2.05, 4.69) is 11.4 Å². The highest BCUT2D eigenvalue weighted by atomic mass is 15.0. The predicted molar refractivity (Wildman–Crippen MR) is 34.6 cm³/mol. The van der Waals surface area contributed by atoms with Crippen LogP contribution in [-0.2, 0) is 0 Å². The average Bonchev–Trinajstić information content (AvgIpc) is 1.90. The van der Waals surface area contributed by atoms with Crippen molar-refractivity contribution in [3.05, 3.63) is 0 Å². The zero-order valence-corrected chi connectivity index (χ0v) is 5.30. The van der Waals surface area contributed by atoms with E-state index < -0.39 is 0 Å². The Balaban J connectivity index is 2.28. The maximum absolute atomic E-state index is 8.42. The van der Waals surface area contributed by atoms with Crippen LogP contribution in [0.2, 0.25) is 0 Å². The molecule has 1 rings (SSSR count). The van der Waals surface area contributed by atoms with E-state index in [1.807, 2.05) is 0 Å². The summed E-state index contributed by atoms with van der Waals surface area (Å²) < 4.78 is 0. The van der Waals surface area contributed by atoms with Gasteiger partial charge in [-0.15, -0.1) is 0 Å². The van der Waals surface area contributed by atoms with E-state index in [1.54, 1.807) is 0 Å². The van der Waals surface area contributed by atoms with Crippen LogP contribution in [0.25, 0.3) is 0 Å². The van der Waals surface area contributed by atoms with Crippen LogP contribution in [0, 0.1) is 11.3 Å². The Morgan fingerprint density at radius 2 is 2.33 bits per heavy atom. The molecule has 2 atom stereocenters. The molecule has 0 aromatic heterocycles. The van der Waals surface area contributed by atoms with Crippen molar-refractivity contribution in [3.63, 3.8) is 0 Å². The minimum absolute atomic E-state index is 0.0461. The van der Waals surface area contributed by atoms with Crippen LogP contribution in [0.4, 0.5) is 0 Å². The third-order valence-corrected chi connectivity index (χ3v) is 1.61. The highest BCUT2D eigenvalue weighted by Gasteiger charge is 2.15. The van der Waals surface area contributed by atoms with E-state index >= 15 is 0 Å². The van der Waals surface area contributed by atoms with E-state index in [9.17, 15) is 0 Å². The molecule has 50 valence electrons. The molecule has 0 radical (unpaired) electrons. The van der Waals surface area contributed by atoms with Gasteiger partial charge in [-0.3, -0.25) is 0 Å². The minimum Gasteiger partial charge on any atom is -0.327 e. The van der Waals surface area contributed by atoms with Crippen molar-refractivity contribution in [1.29, 1.82) is 5.26 Å². The lowest BCUT2D eigenvalue weighted by Gasteiger charge is -2.22. The molecular formula is C6H11N3. The largest absolute Gasteiger partial charge is 0.327 e. The van der Waals surface area contributed by atoms with Crippen LogP contribution in [-0.4, -0.2) is 18.6 Å². The second-order valence-corrected chi connectivity index (χ2v) is 2.43. The van der Waals surface area contributed by atoms with Gasteiger partial charge in [0, 0.05) is 12.6 Å². The zero-order valence-electron chi connectivity index (χ0n) is 5.30. The summed E-state index contributed by atoms with van der Waals surface area (Å²) >= 11 is 0. The van der Waals surface area contributed by atoms with Crippen LogP contribution in [0.5, 0.6) is 0 Å². The fourth-order valence-corrected chi connectivity index (χ4v) is 0.989. The second-order valence-electron chi connectivity index (χ2n) is 2.43. The van der Waals surface area contributed by atoms with Crippen molar-refractivity contribution in [2.24, 2.45) is 5.73 Å². The third-order valence-electron chi connectivity index (χ3n) is 1.61. The summed E-state index contributed by atoms with van der Waals surface area (Å²) in [6.07, 6.45) is 1.88. The zero-order chi connectivity index (χ0) is 6.69. The molecule has 2 unspecified atom stereocenters. The van der Waals surface area contributed by atoms with Gasteiger partial charge in [-0.05, 0) is 12.8 Å². The first-order valence-corrected chi connectivity index (χ1v) is 3.21. The van der Waals surface area contributed by atoms with Crippen LogP contribution < -0.4 is 11.1 Å². The summed E-state index contributed by atoms with van der Waals surface area (Å²) in [5.74, 6) is 0. The standard InChI is InChI=1S/C6H11N3/c7-3-6-2-1-5(8)4-9-6/h5-6,9H,1-2,4,8H2. The molecule has 1 heterocycles. The summed E-state index contributed by atoms with van der Waals surface area (Å²) in [6, 6.07) is 2.46. The molecule has 0 saturated carbocycles. The monoisotopic (exact) mass is 125 g/mol. The van der Waals surface area contributed by atoms with Crippen LogP contribution >= 0.6 is 0 Å². The second kappa shape index (κ2) is 2.81. The quantitative estimate of drug-likeness (QED) is 0.462. The Hall–Kier alpha value is -0.590. The van der Waals surface area contributed by atoms with Gasteiger partial charge in [-0.2, -0.15) is 5.26 Å². The van der Waals surface area contributed by atoms with E-state index in [1.165, 1.54) is 0 Å². The molecule has 3 heteroatoms. The molecule has 9 heavy (non-hydrogen) atoms. The number of hydrogen-bond donors (Lipinski definition) is 2. The molecule has 0 aliphatic carbocycles. The van der Waals surface area contributed by atoms with Gasteiger partial charge in [0.05, 0.1) is 12.1 Å². The maximum Gasteiger partial charge on any atom is 0.0954 e. The summed E-state index contributed by atoms with van der Waals surface area (Å²) in [4.78, 5) is 0. The molecule has 1 aliphatic heterocycles. The van der Waals surface area contributed by atoms with Gasteiger partial charge < -0.3 is 11.1 Å². The predicted octanol–water partition coefficient (Wildman–Crippen LogP) is -0.411. The smallest absolute Gasteiger partial charge is 0.0954 e. The first-order valence-electron chi connectivity index (χ1n) is 3.21.